The normalized spacial score (nSPS) is 10.6. The van der Waals surface area contributed by atoms with Crippen LogP contribution in [0.3, 0.4) is 0 Å². The minimum Gasteiger partial charge on any atom is -0.388 e. The highest BCUT2D eigenvalue weighted by molar-refractivity contribution is 6.27. The number of nitrogens with zero attached hydrogens (tertiary/aromatic N) is 3. The van der Waals surface area contributed by atoms with Crippen molar-refractivity contribution < 1.29 is 19.2 Å². The maximum Gasteiger partial charge on any atom is 0.272 e. The molecule has 3 rings (SSSR count). The lowest BCUT2D eigenvalue weighted by molar-refractivity contribution is -0.111. The lowest BCUT2D eigenvalue weighted by Gasteiger charge is -2.04. The van der Waals surface area contributed by atoms with Crippen molar-refractivity contribution >= 4 is 70.5 Å². The van der Waals surface area contributed by atoms with Gasteiger partial charge in [0.05, 0.1) is 22.9 Å². The largest absolute Gasteiger partial charge is 0.388 e. The Morgan fingerprint density at radius 1 is 0.821 bits per heavy atom. The fourth-order valence-corrected chi connectivity index (χ4v) is 3.72. The van der Waals surface area contributed by atoms with Crippen molar-refractivity contribution in [2.24, 2.45) is 26.9 Å². The molecule has 0 aromatic carbocycles. The van der Waals surface area contributed by atoms with Crippen molar-refractivity contribution in [3.05, 3.63) is 65.5 Å². The van der Waals surface area contributed by atoms with Gasteiger partial charge in [-0.1, -0.05) is 11.6 Å². The molecule has 0 aliphatic carbocycles. The summed E-state index contributed by atoms with van der Waals surface area (Å²) >= 11 is 5.40. The number of rotatable bonds is 10. The molecule has 15 heteroatoms. The highest BCUT2D eigenvalue weighted by Crippen LogP contribution is 2.19. The van der Waals surface area contributed by atoms with Crippen LogP contribution in [0.5, 0.6) is 0 Å². The van der Waals surface area contributed by atoms with Crippen molar-refractivity contribution in [3.63, 3.8) is 0 Å². The van der Waals surface area contributed by atoms with Crippen LogP contribution < -0.4 is 27.0 Å². The van der Waals surface area contributed by atoms with Crippen LogP contribution >= 0.6 is 24.0 Å². The standard InChI is InChI=1S/C24H28ClN9O4.ClH/c1-32-12-15(9-17(32)22(36)28-7-5-20(26)27)30-24(38)19-10-16(13-34(19)3)31-23(37)18-8-14(11-33(18)2)29-21(35)4-6-25;/h4,6,8-13H,5,7H2,1-3H3,(H3,26,27)(H,28,36)(H,29,35)(H,30,38)(H,31,37);1H/b6-4-;. The van der Waals surface area contributed by atoms with Gasteiger partial charge in [0.25, 0.3) is 17.7 Å². The second-order valence-electron chi connectivity index (χ2n) is 8.40. The monoisotopic (exact) mass is 577 g/mol. The number of hydrogen-bond donors (Lipinski definition) is 6. The van der Waals surface area contributed by atoms with Crippen LogP contribution in [0, 0.1) is 5.41 Å². The van der Waals surface area contributed by atoms with Gasteiger partial charge in [-0.05, 0) is 18.2 Å². The van der Waals surface area contributed by atoms with Crippen LogP contribution in [0.25, 0.3) is 0 Å². The number of amides is 4. The number of hydrogen-bond acceptors (Lipinski definition) is 5. The molecule has 0 fully saturated rings. The van der Waals surface area contributed by atoms with E-state index in [9.17, 15) is 19.2 Å². The molecule has 3 aromatic rings. The molecule has 0 saturated carbocycles. The number of halogens is 2. The van der Waals surface area contributed by atoms with E-state index in [1.54, 1.807) is 53.4 Å². The molecule has 4 amide bonds. The molecule has 3 aromatic heterocycles. The van der Waals surface area contributed by atoms with E-state index in [0.717, 1.165) is 11.6 Å². The van der Waals surface area contributed by atoms with Gasteiger partial charge >= 0.3 is 0 Å². The zero-order chi connectivity index (χ0) is 28.0. The Morgan fingerprint density at radius 2 is 1.23 bits per heavy atom. The fraction of sp³-hybridized carbons (Fsp3) is 0.208. The average Bonchev–Trinajstić information content (AvgIpc) is 3.49. The van der Waals surface area contributed by atoms with Crippen LogP contribution in [-0.2, 0) is 25.9 Å². The average molecular weight is 578 g/mol. The number of aryl methyl sites for hydroxylation is 3. The van der Waals surface area contributed by atoms with Crippen LogP contribution in [0.15, 0.2) is 48.4 Å². The quantitative estimate of drug-likeness (QED) is 0.123. The van der Waals surface area contributed by atoms with Gasteiger partial charge in [0.15, 0.2) is 0 Å². The molecule has 0 radical (unpaired) electrons. The predicted molar refractivity (Wildman–Crippen MR) is 152 cm³/mol. The first-order chi connectivity index (χ1) is 18.0. The van der Waals surface area contributed by atoms with Gasteiger partial charge in [0.2, 0.25) is 5.91 Å². The Morgan fingerprint density at radius 3 is 1.64 bits per heavy atom. The number of carbonyl (C=O) groups is 4. The number of carbonyl (C=O) groups excluding carboxylic acids is 4. The molecule has 7 N–H and O–H groups in total. The summed E-state index contributed by atoms with van der Waals surface area (Å²) in [6.45, 7) is 0.225. The molecule has 0 atom stereocenters. The highest BCUT2D eigenvalue weighted by atomic mass is 35.5. The van der Waals surface area contributed by atoms with Gasteiger partial charge in [0, 0.05) is 64.3 Å². The Balaban J connectivity index is 0.00000533. The molecule has 0 spiro atoms. The Kier molecular flexibility index (Phi) is 10.5. The Hall–Kier alpha value is -4.49. The Labute approximate surface area is 235 Å². The van der Waals surface area contributed by atoms with Gasteiger partial charge in [-0.2, -0.15) is 0 Å². The van der Waals surface area contributed by atoms with Crippen LogP contribution in [0.1, 0.15) is 37.9 Å². The SMILES string of the molecule is Cl.Cn1cc(NC(=O)c2cc(NC(=O)c3cc(NC(=O)/C=C\Cl)cn3C)cn2C)cc1C(=O)NCCC(=N)N. The third-order valence-electron chi connectivity index (χ3n) is 5.39. The molecule has 13 nitrogen and oxygen atoms in total. The Bertz CT molecular complexity index is 1440. The second kappa shape index (κ2) is 13.3. The van der Waals surface area contributed by atoms with Crippen molar-refractivity contribution in [1.82, 2.24) is 19.0 Å². The van der Waals surface area contributed by atoms with Gasteiger partial charge < -0.3 is 40.7 Å². The summed E-state index contributed by atoms with van der Waals surface area (Å²) in [5.74, 6) is -1.71. The van der Waals surface area contributed by atoms with Gasteiger partial charge in [-0.3, -0.25) is 24.6 Å². The lowest BCUT2D eigenvalue weighted by atomic mass is 10.3. The molecule has 0 bridgehead atoms. The van der Waals surface area contributed by atoms with E-state index in [2.05, 4.69) is 21.3 Å². The van der Waals surface area contributed by atoms with E-state index in [1.807, 2.05) is 0 Å². The molecular formula is C24H29Cl2N9O4. The van der Waals surface area contributed by atoms with Crippen molar-refractivity contribution in [2.45, 2.75) is 6.42 Å². The molecule has 0 unspecified atom stereocenters. The number of nitrogens with two attached hydrogens (primary N) is 1. The summed E-state index contributed by atoms with van der Waals surface area (Å²) < 4.78 is 4.67. The van der Waals surface area contributed by atoms with E-state index >= 15 is 0 Å². The van der Waals surface area contributed by atoms with E-state index in [0.29, 0.717) is 22.8 Å². The highest BCUT2D eigenvalue weighted by Gasteiger charge is 2.18. The summed E-state index contributed by atoms with van der Waals surface area (Å²) in [6.07, 6.45) is 6.14. The fourth-order valence-electron chi connectivity index (χ4n) is 3.61. The van der Waals surface area contributed by atoms with Gasteiger partial charge in [-0.15, -0.1) is 12.4 Å². The summed E-state index contributed by atoms with van der Waals surface area (Å²) in [5.41, 5.74) is 8.46. The maximum atomic E-state index is 12.9. The number of amidine groups is 1. The summed E-state index contributed by atoms with van der Waals surface area (Å²) in [5, 5.41) is 18.0. The summed E-state index contributed by atoms with van der Waals surface area (Å²) in [4.78, 5) is 49.8. The zero-order valence-electron chi connectivity index (χ0n) is 21.4. The minimum atomic E-state index is -0.446. The van der Waals surface area contributed by atoms with Gasteiger partial charge in [-0.25, -0.2) is 0 Å². The smallest absolute Gasteiger partial charge is 0.272 e. The van der Waals surface area contributed by atoms with Crippen molar-refractivity contribution in [3.8, 4) is 0 Å². The van der Waals surface area contributed by atoms with Gasteiger partial charge in [0.1, 0.15) is 17.1 Å². The van der Waals surface area contributed by atoms with E-state index in [1.165, 1.54) is 18.2 Å². The first-order valence-corrected chi connectivity index (χ1v) is 11.7. The van der Waals surface area contributed by atoms with Crippen molar-refractivity contribution in [1.29, 1.82) is 5.41 Å². The minimum absolute atomic E-state index is 0. The first kappa shape index (κ1) is 30.7. The molecule has 0 aliphatic rings. The molecule has 3 heterocycles. The molecule has 0 saturated heterocycles. The number of nitrogens with one attached hydrogen (secondary N) is 5. The van der Waals surface area contributed by atoms with E-state index in [4.69, 9.17) is 22.7 Å². The van der Waals surface area contributed by atoms with E-state index in [-0.39, 0.29) is 48.5 Å². The van der Waals surface area contributed by atoms with Crippen LogP contribution in [0.2, 0.25) is 0 Å². The lowest BCUT2D eigenvalue weighted by Crippen LogP contribution is -2.28. The van der Waals surface area contributed by atoms with Crippen LogP contribution in [0.4, 0.5) is 17.1 Å². The second-order valence-corrected chi connectivity index (χ2v) is 8.65. The van der Waals surface area contributed by atoms with Crippen molar-refractivity contribution in [2.75, 3.05) is 22.5 Å². The van der Waals surface area contributed by atoms with Crippen LogP contribution in [-0.4, -0.2) is 49.7 Å². The number of aromatic nitrogens is 3. The predicted octanol–water partition coefficient (Wildman–Crippen LogP) is 2.38. The first-order valence-electron chi connectivity index (χ1n) is 11.3. The third kappa shape index (κ3) is 7.99. The zero-order valence-corrected chi connectivity index (χ0v) is 22.9. The van der Waals surface area contributed by atoms with E-state index < -0.39 is 17.7 Å². The molecule has 0 aliphatic heterocycles. The summed E-state index contributed by atoms with van der Waals surface area (Å²) in [6, 6.07) is 4.55. The number of anilines is 3. The maximum absolute atomic E-state index is 12.9. The third-order valence-corrected chi connectivity index (χ3v) is 5.52. The summed E-state index contributed by atoms with van der Waals surface area (Å²) in [7, 11) is 4.98. The molecule has 39 heavy (non-hydrogen) atoms. The molecule has 208 valence electrons. The topological polar surface area (TPSA) is 181 Å². The molecular weight excluding hydrogens is 549 g/mol.